The van der Waals surface area contributed by atoms with Crippen LogP contribution in [0, 0.1) is 23.1 Å². The van der Waals surface area contributed by atoms with Crippen molar-refractivity contribution < 1.29 is 8.78 Å². The Bertz CT molecular complexity index is 669. The number of halogens is 2. The fourth-order valence-corrected chi connectivity index (χ4v) is 1.76. The summed E-state index contributed by atoms with van der Waals surface area (Å²) in [5, 5.41) is 17.9. The van der Waals surface area contributed by atoms with Crippen LogP contribution in [0.25, 0.3) is 0 Å². The van der Waals surface area contributed by atoms with E-state index in [1.165, 1.54) is 6.07 Å². The first-order chi connectivity index (χ1) is 9.17. The minimum atomic E-state index is -1.01. The quantitative estimate of drug-likeness (QED) is 0.832. The smallest absolute Gasteiger partial charge is 0.232 e. The lowest BCUT2D eigenvalue weighted by Crippen LogP contribution is -2.01. The molecule has 1 saturated carbocycles. The number of H-pyrrole nitrogens is 1. The van der Waals surface area contributed by atoms with Gasteiger partial charge in [0.1, 0.15) is 11.6 Å². The van der Waals surface area contributed by atoms with Gasteiger partial charge in [-0.2, -0.15) is 19.7 Å². The van der Waals surface area contributed by atoms with E-state index in [-0.39, 0.29) is 5.82 Å². The maximum atomic E-state index is 13.6. The van der Waals surface area contributed by atoms with Crippen molar-refractivity contribution in [3.8, 4) is 6.07 Å². The molecule has 0 amide bonds. The van der Waals surface area contributed by atoms with E-state index in [2.05, 4.69) is 20.5 Å². The van der Waals surface area contributed by atoms with E-state index in [1.54, 1.807) is 6.07 Å². The Morgan fingerprint density at radius 1 is 1.37 bits per heavy atom. The number of hydrogen-bond acceptors (Lipinski definition) is 4. The van der Waals surface area contributed by atoms with E-state index >= 15 is 0 Å². The van der Waals surface area contributed by atoms with Gasteiger partial charge in [-0.15, -0.1) is 0 Å². The molecule has 96 valence electrons. The van der Waals surface area contributed by atoms with E-state index in [9.17, 15) is 8.78 Å². The summed E-state index contributed by atoms with van der Waals surface area (Å²) in [5.74, 6) is -1.24. The molecule has 2 aromatic rings. The molecule has 2 aromatic heterocycles. The van der Waals surface area contributed by atoms with Crippen LogP contribution in [-0.2, 0) is 0 Å². The van der Waals surface area contributed by atoms with Crippen molar-refractivity contribution in [2.45, 2.75) is 18.8 Å². The van der Waals surface area contributed by atoms with Crippen molar-refractivity contribution in [2.24, 2.45) is 0 Å². The number of aromatic nitrogens is 3. The van der Waals surface area contributed by atoms with Crippen LogP contribution >= 0.6 is 0 Å². The van der Waals surface area contributed by atoms with E-state index in [0.717, 1.165) is 24.6 Å². The van der Waals surface area contributed by atoms with Gasteiger partial charge >= 0.3 is 0 Å². The Morgan fingerprint density at radius 3 is 2.84 bits per heavy atom. The van der Waals surface area contributed by atoms with Crippen molar-refractivity contribution >= 4 is 11.6 Å². The second kappa shape index (κ2) is 4.31. The molecule has 0 spiro atoms. The summed E-state index contributed by atoms with van der Waals surface area (Å²) in [6, 6.07) is 4.08. The lowest BCUT2D eigenvalue weighted by Gasteiger charge is -2.03. The molecule has 0 bridgehead atoms. The standard InChI is InChI=1S/C12H9F2N5/c13-8-3-7(5-15)11(14)17-12(8)16-10-4-9(18-19-10)6-1-2-6/h3-4,6H,1-2H2,(H2,16,17,18,19). The maximum Gasteiger partial charge on any atom is 0.232 e. The minimum absolute atomic E-state index is 0.287. The van der Waals surface area contributed by atoms with Gasteiger partial charge in [-0.1, -0.05) is 0 Å². The van der Waals surface area contributed by atoms with Gasteiger partial charge in [0.25, 0.3) is 0 Å². The fraction of sp³-hybridized carbons (Fsp3) is 0.250. The van der Waals surface area contributed by atoms with Gasteiger partial charge in [-0.3, -0.25) is 5.10 Å². The summed E-state index contributed by atoms with van der Waals surface area (Å²) >= 11 is 0. The third-order valence-corrected chi connectivity index (χ3v) is 2.91. The number of rotatable bonds is 3. The minimum Gasteiger partial charge on any atom is -0.321 e. The van der Waals surface area contributed by atoms with E-state index in [1.807, 2.05) is 0 Å². The molecule has 0 saturated heterocycles. The van der Waals surface area contributed by atoms with Gasteiger partial charge in [-0.25, -0.2) is 4.39 Å². The lowest BCUT2D eigenvalue weighted by molar-refractivity contribution is 0.561. The van der Waals surface area contributed by atoms with Crippen LogP contribution in [-0.4, -0.2) is 15.2 Å². The van der Waals surface area contributed by atoms with Crippen molar-refractivity contribution in [3.05, 3.63) is 35.2 Å². The van der Waals surface area contributed by atoms with Gasteiger partial charge < -0.3 is 5.32 Å². The first kappa shape index (κ1) is 11.6. The zero-order chi connectivity index (χ0) is 13.4. The molecule has 2 heterocycles. The summed E-state index contributed by atoms with van der Waals surface area (Å²) in [6.07, 6.45) is 2.22. The largest absolute Gasteiger partial charge is 0.321 e. The molecule has 0 unspecified atom stereocenters. The molecular formula is C12H9F2N5. The lowest BCUT2D eigenvalue weighted by atomic mass is 10.3. The number of anilines is 2. The molecule has 7 heteroatoms. The maximum absolute atomic E-state index is 13.6. The molecule has 19 heavy (non-hydrogen) atoms. The van der Waals surface area contributed by atoms with Crippen LogP contribution in [0.1, 0.15) is 30.0 Å². The van der Waals surface area contributed by atoms with Crippen molar-refractivity contribution in [1.82, 2.24) is 15.2 Å². The van der Waals surface area contributed by atoms with Crippen LogP contribution < -0.4 is 5.32 Å². The average Bonchev–Trinajstić information content (AvgIpc) is 3.14. The number of pyridine rings is 1. The topological polar surface area (TPSA) is 77.4 Å². The molecule has 2 N–H and O–H groups in total. The predicted molar refractivity (Wildman–Crippen MR) is 62.7 cm³/mol. The van der Waals surface area contributed by atoms with Crippen molar-refractivity contribution in [2.75, 3.05) is 5.32 Å². The van der Waals surface area contributed by atoms with Crippen LogP contribution in [0.3, 0.4) is 0 Å². The van der Waals surface area contributed by atoms with Gasteiger partial charge in [-0.05, 0) is 12.8 Å². The second-order valence-electron chi connectivity index (χ2n) is 4.38. The summed E-state index contributed by atoms with van der Waals surface area (Å²) in [4.78, 5) is 3.38. The van der Waals surface area contributed by atoms with Gasteiger partial charge in [0.05, 0.1) is 0 Å². The number of nitrogens with zero attached hydrogens (tertiary/aromatic N) is 3. The van der Waals surface area contributed by atoms with Gasteiger partial charge in [0.2, 0.25) is 5.95 Å². The highest BCUT2D eigenvalue weighted by molar-refractivity contribution is 5.54. The molecule has 1 fully saturated rings. The van der Waals surface area contributed by atoms with Gasteiger partial charge in [0.15, 0.2) is 17.5 Å². The Hall–Kier alpha value is -2.49. The monoisotopic (exact) mass is 261 g/mol. The molecule has 0 aliphatic heterocycles. The zero-order valence-corrected chi connectivity index (χ0v) is 9.74. The van der Waals surface area contributed by atoms with Crippen molar-refractivity contribution in [3.63, 3.8) is 0 Å². The molecule has 0 aromatic carbocycles. The SMILES string of the molecule is N#Cc1cc(F)c(Nc2cc(C3CC3)[nH]n2)nc1F. The van der Waals surface area contributed by atoms with Crippen LogP contribution in [0.4, 0.5) is 20.4 Å². The second-order valence-corrected chi connectivity index (χ2v) is 4.38. The number of aromatic amines is 1. The van der Waals surface area contributed by atoms with E-state index in [0.29, 0.717) is 11.7 Å². The third-order valence-electron chi connectivity index (χ3n) is 2.91. The van der Waals surface area contributed by atoms with Crippen LogP contribution in [0.2, 0.25) is 0 Å². The Morgan fingerprint density at radius 2 is 2.16 bits per heavy atom. The highest BCUT2D eigenvalue weighted by Crippen LogP contribution is 2.39. The Kier molecular flexibility index (Phi) is 2.63. The summed E-state index contributed by atoms with van der Waals surface area (Å²) in [7, 11) is 0. The first-order valence-electron chi connectivity index (χ1n) is 5.76. The Labute approximate surface area is 107 Å². The highest BCUT2D eigenvalue weighted by atomic mass is 19.1. The highest BCUT2D eigenvalue weighted by Gasteiger charge is 2.25. The van der Waals surface area contributed by atoms with Crippen molar-refractivity contribution in [1.29, 1.82) is 5.26 Å². The van der Waals surface area contributed by atoms with E-state index < -0.39 is 17.3 Å². The molecule has 0 atom stereocenters. The summed E-state index contributed by atoms with van der Waals surface area (Å²) < 4.78 is 26.9. The van der Waals surface area contributed by atoms with Gasteiger partial charge in [0, 0.05) is 23.7 Å². The Balaban J connectivity index is 1.85. The molecule has 0 radical (unpaired) electrons. The predicted octanol–water partition coefficient (Wildman–Crippen LogP) is 2.58. The number of nitrogens with one attached hydrogen (secondary N) is 2. The number of nitriles is 1. The molecular weight excluding hydrogens is 252 g/mol. The molecule has 5 nitrogen and oxygen atoms in total. The molecule has 1 aliphatic rings. The number of hydrogen-bond donors (Lipinski definition) is 2. The average molecular weight is 261 g/mol. The molecule has 3 rings (SSSR count). The normalized spacial score (nSPS) is 14.2. The van der Waals surface area contributed by atoms with Crippen LogP contribution in [0.5, 0.6) is 0 Å². The molecule has 1 aliphatic carbocycles. The fourth-order valence-electron chi connectivity index (χ4n) is 1.76. The first-order valence-corrected chi connectivity index (χ1v) is 5.76. The van der Waals surface area contributed by atoms with Crippen LogP contribution in [0.15, 0.2) is 12.1 Å². The van der Waals surface area contributed by atoms with E-state index in [4.69, 9.17) is 5.26 Å². The summed E-state index contributed by atoms with van der Waals surface area (Å²) in [5.41, 5.74) is 0.542. The summed E-state index contributed by atoms with van der Waals surface area (Å²) in [6.45, 7) is 0. The third kappa shape index (κ3) is 2.25. The zero-order valence-electron chi connectivity index (χ0n) is 9.74.